The minimum atomic E-state index is -1.07. The van der Waals surface area contributed by atoms with Crippen LogP contribution in [0.25, 0.3) is 34.4 Å². The van der Waals surface area contributed by atoms with Gasteiger partial charge in [0, 0.05) is 0 Å². The van der Waals surface area contributed by atoms with Gasteiger partial charge in [-0.2, -0.15) is 0 Å². The number of ether oxygens (including phenoxy) is 4. The van der Waals surface area contributed by atoms with E-state index in [1.807, 2.05) is 0 Å². The highest BCUT2D eigenvalue weighted by Crippen LogP contribution is 2.30. The molecule has 0 spiro atoms. The lowest BCUT2D eigenvalue weighted by Gasteiger charge is -2.19. The Morgan fingerprint density at radius 2 is 1.05 bits per heavy atom. The first-order chi connectivity index (χ1) is 36.6. The Bertz CT molecular complexity index is 3510. The molecule has 0 amide bonds. The highest BCUT2D eigenvalue weighted by molar-refractivity contribution is 6.31. The van der Waals surface area contributed by atoms with Crippen LogP contribution in [0.15, 0.2) is 92.1 Å². The Morgan fingerprint density at radius 1 is 0.623 bits per heavy atom. The Labute approximate surface area is 440 Å². The molecule has 8 rings (SSSR count). The number of halogens is 6. The number of aromatic nitrogens is 10. The molecular weight excluding hydrogens is 1110 g/mol. The van der Waals surface area contributed by atoms with Gasteiger partial charge in [-0.3, -0.25) is 34.1 Å². The van der Waals surface area contributed by atoms with Crippen molar-refractivity contribution in [3.8, 4) is 52.1 Å². The van der Waals surface area contributed by atoms with Crippen molar-refractivity contribution in [2.75, 3.05) is 19.8 Å². The molecule has 35 heteroatoms. The molecule has 8 aromatic rings. The average Bonchev–Trinajstić information content (AvgIpc) is 4.26. The first-order valence-corrected chi connectivity index (χ1v) is 22.3. The van der Waals surface area contributed by atoms with E-state index in [0.29, 0.717) is 0 Å². The second kappa shape index (κ2) is 25.9. The number of carboxylic acids is 2. The molecule has 4 N–H and O–H groups in total. The molecule has 0 fully saturated rings. The van der Waals surface area contributed by atoms with Gasteiger partial charge in [-0.05, 0) is 106 Å². The van der Waals surface area contributed by atoms with Gasteiger partial charge in [0.25, 0.3) is 17.6 Å². The van der Waals surface area contributed by atoms with E-state index in [1.54, 1.807) is 26.3 Å². The summed E-state index contributed by atoms with van der Waals surface area (Å²) < 4.78 is 85.6. The van der Waals surface area contributed by atoms with E-state index in [9.17, 15) is 42.4 Å². The van der Waals surface area contributed by atoms with Gasteiger partial charge in [-0.25, -0.2) is 50.8 Å². The van der Waals surface area contributed by atoms with Crippen LogP contribution in [0.2, 0.25) is 15.1 Å². The quantitative estimate of drug-likeness (QED) is 0.0327. The Kier molecular flexibility index (Phi) is 19.2. The third-order valence-corrected chi connectivity index (χ3v) is 9.75. The van der Waals surface area contributed by atoms with Crippen molar-refractivity contribution < 1.29 is 84.9 Å². The first-order valence-electron chi connectivity index (χ1n) is 21.2. The van der Waals surface area contributed by atoms with Gasteiger partial charge in [0.15, 0.2) is 5.84 Å². The minimum Gasteiger partial charge on any atom is -0.481 e. The Balaban J connectivity index is 0.000000189. The molecule has 77 heavy (non-hydrogen) atoms. The summed E-state index contributed by atoms with van der Waals surface area (Å²) >= 11 is 17.1. The predicted octanol–water partition coefficient (Wildman–Crippen LogP) is 6.07. The maximum absolute atomic E-state index is 13.4. The normalized spacial score (nSPS) is 11.2. The molecule has 5 aromatic heterocycles. The lowest BCUT2D eigenvalue weighted by atomic mass is 10.2. The molecule has 0 aliphatic heterocycles. The second-order valence-corrected chi connectivity index (χ2v) is 16.7. The van der Waals surface area contributed by atoms with Crippen LogP contribution in [0, 0.1) is 17.5 Å². The molecule has 3 aromatic carbocycles. The Morgan fingerprint density at radius 3 is 1.49 bits per heavy atom. The molecule has 5 heterocycles. The molecule has 0 radical (unpaired) electrons. The fraction of sp³-hybridized carbons (Fsp3) is 0.238. The number of esters is 1. The number of carboxylic acid groups (broad SMARTS) is 2. The van der Waals surface area contributed by atoms with Crippen molar-refractivity contribution >= 4 is 64.2 Å². The molecule has 29 nitrogen and oxygen atoms in total. The van der Waals surface area contributed by atoms with Crippen LogP contribution in [0.5, 0.6) is 17.6 Å². The van der Waals surface area contributed by atoms with Crippen molar-refractivity contribution in [2.45, 2.75) is 45.6 Å². The monoisotopic (exact) mass is 1140 g/mol. The third kappa shape index (κ3) is 15.5. The lowest BCUT2D eigenvalue weighted by molar-refractivity contribution is -0.155. The van der Waals surface area contributed by atoms with Gasteiger partial charge in [0.05, 0.1) is 51.4 Å². The van der Waals surface area contributed by atoms with Gasteiger partial charge >= 0.3 is 29.4 Å². The summed E-state index contributed by atoms with van der Waals surface area (Å²) in [5.74, 6) is -7.23. The Hall–Kier alpha value is -9.14. The van der Waals surface area contributed by atoms with E-state index in [2.05, 4.69) is 69.2 Å². The van der Waals surface area contributed by atoms with E-state index < -0.39 is 52.5 Å². The number of carbonyl (C=O) groups excluding carboxylic acids is 1. The summed E-state index contributed by atoms with van der Waals surface area (Å²) in [6.07, 6.45) is -0.604. The SMILES string of the molecule is CC(C)(C)OC(=O)CCOc1nonc1-c1noc(=O)n1-c1ccc(F)c(Cl)c1.O=C(O)CCOc1nonc1-c1noc(=O)n1-c1ccc(F)c(Cl)c1.O=C(O)CCOc1nonc1C(=Nc1ccc(F)c(Cl)c1)NO. The number of hydrogen-bond acceptors (Lipinski definition) is 24. The zero-order chi connectivity index (χ0) is 56.0. The highest BCUT2D eigenvalue weighted by atomic mass is 35.5. The van der Waals surface area contributed by atoms with Crippen LogP contribution in [0.1, 0.15) is 45.7 Å². The molecule has 0 unspecified atom stereocenters. The maximum Gasteiger partial charge on any atom is 0.446 e. The van der Waals surface area contributed by atoms with E-state index in [0.717, 1.165) is 27.3 Å². The van der Waals surface area contributed by atoms with Crippen molar-refractivity contribution in [3.63, 3.8) is 0 Å². The first kappa shape index (κ1) is 57.1. The van der Waals surface area contributed by atoms with Gasteiger partial charge in [-0.1, -0.05) is 45.1 Å². The molecule has 0 aliphatic rings. The fourth-order valence-electron chi connectivity index (χ4n) is 5.65. The second-order valence-electron chi connectivity index (χ2n) is 15.5. The van der Waals surface area contributed by atoms with Crippen molar-refractivity contribution in [3.05, 3.63) is 114 Å². The largest absolute Gasteiger partial charge is 0.481 e. The number of rotatable bonds is 18. The van der Waals surface area contributed by atoms with Gasteiger partial charge in [-0.15, -0.1) is 0 Å². The van der Waals surface area contributed by atoms with E-state index in [4.69, 9.17) is 64.0 Å². The highest BCUT2D eigenvalue weighted by Gasteiger charge is 2.27. The lowest BCUT2D eigenvalue weighted by Crippen LogP contribution is -2.24. The summed E-state index contributed by atoms with van der Waals surface area (Å²) in [5, 5.41) is 54.2. The predicted molar refractivity (Wildman–Crippen MR) is 249 cm³/mol. The van der Waals surface area contributed by atoms with Gasteiger partial charge in [0.2, 0.25) is 28.7 Å². The zero-order valence-corrected chi connectivity index (χ0v) is 41.5. The van der Waals surface area contributed by atoms with Crippen LogP contribution in [-0.4, -0.2) is 115 Å². The third-order valence-electron chi connectivity index (χ3n) is 8.88. The van der Waals surface area contributed by atoms with Crippen molar-refractivity contribution in [1.82, 2.24) is 55.9 Å². The van der Waals surface area contributed by atoms with Gasteiger partial charge < -0.3 is 29.2 Å². The molecule has 0 saturated carbocycles. The smallest absolute Gasteiger partial charge is 0.446 e. The van der Waals surface area contributed by atoms with Crippen LogP contribution in [0.3, 0.4) is 0 Å². The number of aliphatic carboxylic acids is 2. The zero-order valence-electron chi connectivity index (χ0n) is 39.2. The number of nitrogens with zero attached hydrogens (tertiary/aromatic N) is 11. The van der Waals surface area contributed by atoms with Crippen LogP contribution < -0.4 is 31.2 Å². The average molecular weight is 1140 g/mol. The fourth-order valence-corrected chi connectivity index (χ4v) is 6.18. The van der Waals surface area contributed by atoms with Crippen molar-refractivity contribution in [2.24, 2.45) is 4.99 Å². The summed E-state index contributed by atoms with van der Waals surface area (Å²) in [7, 11) is 0. The number of benzene rings is 3. The summed E-state index contributed by atoms with van der Waals surface area (Å²) in [6.45, 7) is 4.77. The molecule has 0 bridgehead atoms. The summed E-state index contributed by atoms with van der Waals surface area (Å²) in [6, 6.07) is 10.8. The number of hydroxylamine groups is 1. The maximum atomic E-state index is 13.4. The van der Waals surface area contributed by atoms with Crippen LogP contribution in [0.4, 0.5) is 18.9 Å². The number of hydrogen-bond donors (Lipinski definition) is 4. The molecular formula is C42H34Cl3F3N12O17. The van der Waals surface area contributed by atoms with E-state index in [-0.39, 0.29) is 123 Å². The molecule has 0 saturated heterocycles. The standard InChI is InChI=1S/C17H16ClFN4O6.C13H8ClFN4O6.C12H10ClFN4O5/c1-17(2,3)27-12(24)6-7-26-15-13(20-29-22-15)14-21-28-16(25)23(14)9-4-5-11(19)10(18)8-9;14-7-5-6(1-2-8(7)15)19-11(17-24-13(19)22)10-12(18-25-16-10)23-4-3-9(20)21;13-7-5-6(1-2-8(7)14)15-11(16-21)10-12(18-23-17-10)22-4-3-9(19)20/h4-5,8H,6-7H2,1-3H3;1-2,5H,3-4H2,(H,20,21);1-2,5,21H,3-4H2,(H,15,16)(H,19,20). The van der Waals surface area contributed by atoms with E-state index >= 15 is 0 Å². The summed E-state index contributed by atoms with van der Waals surface area (Å²) in [4.78, 5) is 60.8. The summed E-state index contributed by atoms with van der Waals surface area (Å²) in [5.41, 5.74) is 1.46. The number of nitrogens with one attached hydrogen (secondary N) is 1. The minimum absolute atomic E-state index is 0.0528. The molecule has 0 aliphatic carbocycles. The van der Waals surface area contributed by atoms with Crippen LogP contribution in [-0.2, 0) is 19.1 Å². The van der Waals surface area contributed by atoms with E-state index in [1.165, 1.54) is 36.4 Å². The van der Waals surface area contributed by atoms with Crippen molar-refractivity contribution in [1.29, 1.82) is 0 Å². The molecule has 406 valence electrons. The number of aliphatic imine (C=N–C) groups is 1. The number of amidine groups is 1. The van der Waals surface area contributed by atoms with Crippen LogP contribution >= 0.6 is 34.8 Å². The van der Waals surface area contributed by atoms with Gasteiger partial charge in [0.1, 0.15) is 42.9 Å². The molecule has 0 atom stereocenters. The number of carbonyl (C=O) groups is 3. The topological polar surface area (TPSA) is 386 Å².